The number of likely N-dealkylation sites (tertiary alicyclic amines) is 1. The van der Waals surface area contributed by atoms with Crippen molar-refractivity contribution in [3.63, 3.8) is 0 Å². The highest BCUT2D eigenvalue weighted by Gasteiger charge is 2.28. The van der Waals surface area contributed by atoms with Crippen molar-refractivity contribution in [1.82, 2.24) is 24.6 Å². The minimum Gasteiger partial charge on any atom is -0.336 e. The van der Waals surface area contributed by atoms with Gasteiger partial charge >= 0.3 is 0 Å². The zero-order valence-corrected chi connectivity index (χ0v) is 18.0. The third-order valence-electron chi connectivity index (χ3n) is 5.47. The molecule has 30 heavy (non-hydrogen) atoms. The van der Waals surface area contributed by atoms with Gasteiger partial charge in [-0.15, -0.1) is 16.4 Å². The second-order valence-electron chi connectivity index (χ2n) is 7.46. The van der Waals surface area contributed by atoms with E-state index in [2.05, 4.69) is 22.2 Å². The maximum Gasteiger partial charge on any atom is 0.293 e. The van der Waals surface area contributed by atoms with Crippen molar-refractivity contribution in [2.45, 2.75) is 25.7 Å². The predicted molar refractivity (Wildman–Crippen MR) is 119 cm³/mol. The molecule has 0 aliphatic carbocycles. The van der Waals surface area contributed by atoms with Gasteiger partial charge in [-0.25, -0.2) is 14.6 Å². The van der Waals surface area contributed by atoms with E-state index in [0.29, 0.717) is 29.9 Å². The number of carbonyl (C=O) groups excluding carboxylic acids is 1. The van der Waals surface area contributed by atoms with Crippen LogP contribution in [0.4, 0.5) is 0 Å². The average Bonchev–Trinajstić information content (AvgIpc) is 3.38. The lowest BCUT2D eigenvalue weighted by Gasteiger charge is -2.30. The molecule has 4 aromatic rings. The van der Waals surface area contributed by atoms with Crippen molar-refractivity contribution in [1.29, 1.82) is 0 Å². The van der Waals surface area contributed by atoms with Crippen LogP contribution in [0.3, 0.4) is 0 Å². The summed E-state index contributed by atoms with van der Waals surface area (Å²) < 4.78 is 2.90. The Morgan fingerprint density at radius 3 is 2.53 bits per heavy atom. The molecule has 152 valence electrons. The van der Waals surface area contributed by atoms with Gasteiger partial charge in [0.05, 0.1) is 20.9 Å². The van der Waals surface area contributed by atoms with Crippen LogP contribution in [-0.2, 0) is 0 Å². The van der Waals surface area contributed by atoms with E-state index in [-0.39, 0.29) is 11.7 Å². The molecule has 1 saturated heterocycles. The fourth-order valence-electron chi connectivity index (χ4n) is 3.84. The van der Waals surface area contributed by atoms with Gasteiger partial charge < -0.3 is 4.90 Å². The third-order valence-corrected chi connectivity index (χ3v) is 6.92. The Morgan fingerprint density at radius 2 is 1.80 bits per heavy atom. The largest absolute Gasteiger partial charge is 0.336 e. The Bertz CT molecular complexity index is 1170. The van der Waals surface area contributed by atoms with Crippen LogP contribution in [0.1, 0.15) is 40.2 Å². The van der Waals surface area contributed by atoms with Crippen LogP contribution in [0.2, 0.25) is 5.02 Å². The quantitative estimate of drug-likeness (QED) is 0.459. The SMILES string of the molecule is Cc1nc(C(=O)N2CCC(c3nc4ccccc4s3)CC2)nn1-c1ccc(Cl)cc1. The van der Waals surface area contributed by atoms with E-state index in [0.717, 1.165) is 24.0 Å². The fourth-order valence-corrected chi connectivity index (χ4v) is 5.11. The number of aryl methyl sites for hydroxylation is 1. The Hall–Kier alpha value is -2.77. The van der Waals surface area contributed by atoms with Gasteiger partial charge in [0.2, 0.25) is 5.82 Å². The monoisotopic (exact) mass is 437 g/mol. The Kier molecular flexibility index (Phi) is 5.00. The highest BCUT2D eigenvalue weighted by atomic mass is 35.5. The number of fused-ring (bicyclic) bond motifs is 1. The van der Waals surface area contributed by atoms with Gasteiger partial charge in [0.15, 0.2) is 0 Å². The Morgan fingerprint density at radius 1 is 1.07 bits per heavy atom. The van der Waals surface area contributed by atoms with Crippen molar-refractivity contribution in [2.75, 3.05) is 13.1 Å². The predicted octanol–water partition coefficient (Wildman–Crippen LogP) is 4.86. The summed E-state index contributed by atoms with van der Waals surface area (Å²) in [4.78, 5) is 24.0. The highest BCUT2D eigenvalue weighted by Crippen LogP contribution is 2.34. The van der Waals surface area contributed by atoms with E-state index in [9.17, 15) is 4.79 Å². The van der Waals surface area contributed by atoms with Gasteiger partial charge in [0.25, 0.3) is 5.91 Å². The van der Waals surface area contributed by atoms with Crippen LogP contribution in [0.25, 0.3) is 15.9 Å². The lowest BCUT2D eigenvalue weighted by molar-refractivity contribution is 0.0700. The molecule has 0 bridgehead atoms. The molecule has 1 fully saturated rings. The first-order valence-corrected chi connectivity index (χ1v) is 11.1. The smallest absolute Gasteiger partial charge is 0.293 e. The van der Waals surface area contributed by atoms with E-state index < -0.39 is 0 Å². The number of amides is 1. The summed E-state index contributed by atoms with van der Waals surface area (Å²) in [5.41, 5.74) is 1.89. The van der Waals surface area contributed by atoms with Crippen molar-refractivity contribution in [2.24, 2.45) is 0 Å². The van der Waals surface area contributed by atoms with E-state index >= 15 is 0 Å². The second-order valence-corrected chi connectivity index (χ2v) is 8.96. The number of halogens is 1. The van der Waals surface area contributed by atoms with Gasteiger partial charge in [0.1, 0.15) is 5.82 Å². The van der Waals surface area contributed by atoms with Crippen molar-refractivity contribution in [3.8, 4) is 5.69 Å². The molecule has 5 rings (SSSR count). The van der Waals surface area contributed by atoms with Gasteiger partial charge in [-0.2, -0.15) is 0 Å². The number of thiazole rings is 1. The van der Waals surface area contributed by atoms with Crippen LogP contribution >= 0.6 is 22.9 Å². The summed E-state index contributed by atoms with van der Waals surface area (Å²) in [6.07, 6.45) is 1.81. The van der Waals surface area contributed by atoms with E-state index in [1.807, 2.05) is 36.1 Å². The first kappa shape index (κ1) is 19.2. The number of piperidine rings is 1. The van der Waals surface area contributed by atoms with Gasteiger partial charge in [-0.3, -0.25) is 4.79 Å². The summed E-state index contributed by atoms with van der Waals surface area (Å²) in [5, 5.41) is 6.28. The minimum absolute atomic E-state index is 0.117. The number of benzene rings is 2. The molecule has 0 atom stereocenters. The molecular weight excluding hydrogens is 418 g/mol. The zero-order valence-electron chi connectivity index (χ0n) is 16.5. The number of para-hydroxylation sites is 1. The molecule has 0 saturated carbocycles. The first-order chi connectivity index (χ1) is 14.6. The molecule has 0 spiro atoms. The molecule has 0 radical (unpaired) electrons. The molecule has 0 unspecified atom stereocenters. The third kappa shape index (κ3) is 3.59. The summed E-state index contributed by atoms with van der Waals surface area (Å²) in [5.74, 6) is 1.19. The minimum atomic E-state index is -0.117. The highest BCUT2D eigenvalue weighted by molar-refractivity contribution is 7.18. The van der Waals surface area contributed by atoms with Crippen molar-refractivity contribution in [3.05, 3.63) is 70.2 Å². The van der Waals surface area contributed by atoms with Gasteiger partial charge in [-0.1, -0.05) is 23.7 Å². The van der Waals surface area contributed by atoms with E-state index in [4.69, 9.17) is 16.6 Å². The van der Waals surface area contributed by atoms with E-state index in [1.54, 1.807) is 28.2 Å². The second kappa shape index (κ2) is 7.81. The molecule has 8 heteroatoms. The maximum atomic E-state index is 13.0. The first-order valence-electron chi connectivity index (χ1n) is 9.93. The molecule has 0 N–H and O–H groups in total. The van der Waals surface area contributed by atoms with Gasteiger partial charge in [-0.05, 0) is 56.2 Å². The normalized spacial score (nSPS) is 15.1. The molecular formula is C22H20ClN5OS. The summed E-state index contributed by atoms with van der Waals surface area (Å²) in [7, 11) is 0. The van der Waals surface area contributed by atoms with Gasteiger partial charge in [0, 0.05) is 24.0 Å². The van der Waals surface area contributed by atoms with Crippen LogP contribution in [0, 0.1) is 6.92 Å². The molecule has 1 aliphatic heterocycles. The van der Waals surface area contributed by atoms with Crippen molar-refractivity contribution >= 4 is 39.1 Å². The molecule has 6 nitrogen and oxygen atoms in total. The molecule has 2 aromatic carbocycles. The molecule has 3 heterocycles. The standard InChI is InChI=1S/C22H20ClN5OS/c1-14-24-20(26-28(14)17-8-6-16(23)7-9-17)22(29)27-12-10-15(11-13-27)21-25-18-4-2-3-5-19(18)30-21/h2-9,15H,10-13H2,1H3. The Labute approximate surface area is 183 Å². The zero-order chi connectivity index (χ0) is 20.7. The summed E-state index contributed by atoms with van der Waals surface area (Å²) in [6.45, 7) is 3.22. The Balaban J connectivity index is 1.29. The summed E-state index contributed by atoms with van der Waals surface area (Å²) >= 11 is 7.73. The number of rotatable bonds is 3. The average molecular weight is 438 g/mol. The van der Waals surface area contributed by atoms with Crippen LogP contribution < -0.4 is 0 Å². The van der Waals surface area contributed by atoms with Crippen LogP contribution in [0.15, 0.2) is 48.5 Å². The lowest BCUT2D eigenvalue weighted by Crippen LogP contribution is -2.38. The number of aromatic nitrogens is 4. The topological polar surface area (TPSA) is 63.9 Å². The van der Waals surface area contributed by atoms with Crippen molar-refractivity contribution < 1.29 is 4.79 Å². The maximum absolute atomic E-state index is 13.0. The molecule has 1 amide bonds. The fraction of sp³-hybridized carbons (Fsp3) is 0.273. The number of carbonyl (C=O) groups is 1. The molecule has 2 aromatic heterocycles. The van der Waals surface area contributed by atoms with Crippen LogP contribution in [-0.4, -0.2) is 43.6 Å². The number of hydrogen-bond donors (Lipinski definition) is 0. The number of hydrogen-bond acceptors (Lipinski definition) is 5. The van der Waals surface area contributed by atoms with E-state index in [1.165, 1.54) is 9.71 Å². The molecule has 1 aliphatic rings. The van der Waals surface area contributed by atoms with Crippen LogP contribution in [0.5, 0.6) is 0 Å². The lowest BCUT2D eigenvalue weighted by atomic mass is 9.97. The number of nitrogens with zero attached hydrogens (tertiary/aromatic N) is 5. The summed E-state index contributed by atoms with van der Waals surface area (Å²) in [6, 6.07) is 15.6.